The van der Waals surface area contributed by atoms with Gasteiger partial charge in [0.25, 0.3) is 0 Å². The zero-order valence-corrected chi connectivity index (χ0v) is 15.6. The molecular weight excluding hydrogens is 344 g/mol. The molecule has 1 heterocycles. The van der Waals surface area contributed by atoms with E-state index in [-0.39, 0.29) is 6.04 Å². The van der Waals surface area contributed by atoms with Crippen molar-refractivity contribution in [1.29, 1.82) is 0 Å². The number of benzene rings is 1. The van der Waals surface area contributed by atoms with Gasteiger partial charge in [0.1, 0.15) is 5.01 Å². The summed E-state index contributed by atoms with van der Waals surface area (Å²) in [4.78, 5) is 6.19. The molecule has 2 rings (SSSR count). The molecule has 0 spiro atoms. The fourth-order valence-corrected chi connectivity index (χ4v) is 3.75. The number of nitrogens with zero attached hydrogens (tertiary/aromatic N) is 1. The maximum absolute atomic E-state index is 4.85. The monoisotopic (exact) mass is 366 g/mol. The summed E-state index contributed by atoms with van der Waals surface area (Å²) in [5, 5.41) is 4.83. The van der Waals surface area contributed by atoms with Gasteiger partial charge in [-0.1, -0.05) is 41.9 Å². The maximum Gasteiger partial charge on any atom is 0.115 e. The summed E-state index contributed by atoms with van der Waals surface area (Å²) in [5.74, 6) is 0. The number of hydrogen-bond acceptors (Lipinski definition) is 3. The van der Waals surface area contributed by atoms with Gasteiger partial charge in [0.05, 0.1) is 11.7 Å². The molecule has 2 aromatic rings. The number of halogens is 1. The van der Waals surface area contributed by atoms with Crippen LogP contribution in [-0.4, -0.2) is 11.5 Å². The van der Waals surface area contributed by atoms with Gasteiger partial charge in [-0.2, -0.15) is 0 Å². The number of rotatable bonds is 6. The van der Waals surface area contributed by atoms with E-state index in [1.165, 1.54) is 26.7 Å². The number of hydrogen-bond donors (Lipinski definition) is 1. The van der Waals surface area contributed by atoms with Crippen molar-refractivity contribution in [3.8, 4) is 0 Å². The summed E-state index contributed by atoms with van der Waals surface area (Å²) in [5.41, 5.74) is 3.78. The summed E-state index contributed by atoms with van der Waals surface area (Å²) < 4.78 is 1.16. The largest absolute Gasteiger partial charge is 0.304 e. The predicted octanol–water partition coefficient (Wildman–Crippen LogP) is 5.17. The first-order valence-electron chi connectivity index (χ1n) is 7.52. The van der Waals surface area contributed by atoms with Gasteiger partial charge in [-0.25, -0.2) is 4.98 Å². The summed E-state index contributed by atoms with van der Waals surface area (Å²) in [6, 6.07) is 6.76. The van der Waals surface area contributed by atoms with Crippen LogP contribution in [0.15, 0.2) is 22.7 Å². The Bertz CT molecular complexity index is 607. The Morgan fingerprint density at radius 1 is 1.29 bits per heavy atom. The summed E-state index contributed by atoms with van der Waals surface area (Å²) in [6.07, 6.45) is 2.12. The molecule has 0 aliphatic carbocycles. The van der Waals surface area contributed by atoms with E-state index in [2.05, 4.69) is 67.1 Å². The number of aromatic nitrogens is 1. The average Bonchev–Trinajstić information content (AvgIpc) is 2.84. The molecule has 2 nitrogen and oxygen atoms in total. The highest BCUT2D eigenvalue weighted by Gasteiger charge is 2.19. The van der Waals surface area contributed by atoms with Gasteiger partial charge < -0.3 is 5.32 Å². The lowest BCUT2D eigenvalue weighted by atomic mass is 10.0. The third-order valence-corrected chi connectivity index (χ3v) is 5.57. The van der Waals surface area contributed by atoms with Gasteiger partial charge >= 0.3 is 0 Å². The van der Waals surface area contributed by atoms with E-state index in [4.69, 9.17) is 4.98 Å². The lowest BCUT2D eigenvalue weighted by Gasteiger charge is -2.17. The van der Waals surface area contributed by atoms with Crippen LogP contribution in [0.1, 0.15) is 53.0 Å². The molecule has 0 aliphatic rings. The van der Waals surface area contributed by atoms with Gasteiger partial charge in [-0.3, -0.25) is 0 Å². The van der Waals surface area contributed by atoms with E-state index in [1.54, 1.807) is 0 Å². The predicted molar refractivity (Wildman–Crippen MR) is 95.2 cm³/mol. The lowest BCUT2D eigenvalue weighted by molar-refractivity contribution is 0.594. The molecule has 0 saturated heterocycles. The third-order valence-electron chi connectivity index (χ3n) is 3.60. The van der Waals surface area contributed by atoms with Crippen LogP contribution in [-0.2, 0) is 6.42 Å². The van der Waals surface area contributed by atoms with Crippen LogP contribution < -0.4 is 5.32 Å². The van der Waals surface area contributed by atoms with Crippen LogP contribution in [0.2, 0.25) is 0 Å². The minimum Gasteiger partial charge on any atom is -0.304 e. The highest BCUT2D eigenvalue weighted by atomic mass is 79.9. The summed E-state index contributed by atoms with van der Waals surface area (Å²) in [7, 11) is 0. The fourth-order valence-electron chi connectivity index (χ4n) is 2.39. The fraction of sp³-hybridized carbons (Fsp3) is 0.471. The van der Waals surface area contributed by atoms with Crippen molar-refractivity contribution in [3.05, 3.63) is 49.4 Å². The van der Waals surface area contributed by atoms with Crippen LogP contribution >= 0.6 is 27.3 Å². The molecule has 0 bridgehead atoms. The van der Waals surface area contributed by atoms with Gasteiger partial charge in [-0.15, -0.1) is 11.3 Å². The minimum absolute atomic E-state index is 0.195. The second kappa shape index (κ2) is 7.52. The standard InChI is InChI=1S/C17H23BrN2S/c1-5-9-19-16(13-7-8-14(18)11(3)10-13)17-20-15(6-2)12(4)21-17/h7-8,10,16,19H,5-6,9H2,1-4H3. The smallest absolute Gasteiger partial charge is 0.115 e. The van der Waals surface area contributed by atoms with Crippen LogP contribution in [0, 0.1) is 13.8 Å². The molecule has 4 heteroatoms. The van der Waals surface area contributed by atoms with Crippen LogP contribution in [0.25, 0.3) is 0 Å². The molecule has 1 N–H and O–H groups in total. The zero-order chi connectivity index (χ0) is 15.4. The van der Waals surface area contributed by atoms with Crippen molar-refractivity contribution >= 4 is 27.3 Å². The Kier molecular flexibility index (Phi) is 5.97. The second-order valence-corrected chi connectivity index (χ2v) is 7.39. The van der Waals surface area contributed by atoms with Crippen molar-refractivity contribution in [2.45, 2.75) is 46.6 Å². The van der Waals surface area contributed by atoms with Crippen LogP contribution in [0.5, 0.6) is 0 Å². The van der Waals surface area contributed by atoms with Crippen molar-refractivity contribution in [2.75, 3.05) is 6.54 Å². The van der Waals surface area contributed by atoms with Crippen molar-refractivity contribution in [1.82, 2.24) is 10.3 Å². The number of aryl methyl sites for hydroxylation is 3. The first-order valence-corrected chi connectivity index (χ1v) is 9.13. The number of nitrogens with one attached hydrogen (secondary N) is 1. The van der Waals surface area contributed by atoms with E-state index in [9.17, 15) is 0 Å². The number of thiazole rings is 1. The van der Waals surface area contributed by atoms with E-state index in [1.807, 2.05) is 11.3 Å². The topological polar surface area (TPSA) is 24.9 Å². The Morgan fingerprint density at radius 2 is 2.05 bits per heavy atom. The van der Waals surface area contributed by atoms with Gasteiger partial charge in [0, 0.05) is 9.35 Å². The molecule has 1 unspecified atom stereocenters. The Morgan fingerprint density at radius 3 is 2.62 bits per heavy atom. The SMILES string of the molecule is CCCNC(c1ccc(Br)c(C)c1)c1nc(CC)c(C)s1. The first kappa shape index (κ1) is 16.7. The first-order chi connectivity index (χ1) is 10.1. The molecule has 1 atom stereocenters. The zero-order valence-electron chi connectivity index (χ0n) is 13.2. The van der Waals surface area contributed by atoms with Crippen LogP contribution in [0.3, 0.4) is 0 Å². The van der Waals surface area contributed by atoms with Crippen molar-refractivity contribution in [3.63, 3.8) is 0 Å². The van der Waals surface area contributed by atoms with Crippen LogP contribution in [0.4, 0.5) is 0 Å². The Labute approximate surface area is 140 Å². The lowest BCUT2D eigenvalue weighted by Crippen LogP contribution is -2.23. The van der Waals surface area contributed by atoms with E-state index in [0.29, 0.717) is 0 Å². The Hall–Kier alpha value is -0.710. The molecule has 114 valence electrons. The van der Waals surface area contributed by atoms with Crippen molar-refractivity contribution < 1.29 is 0 Å². The summed E-state index contributed by atoms with van der Waals surface area (Å²) in [6.45, 7) is 9.67. The molecule has 1 aromatic carbocycles. The average molecular weight is 367 g/mol. The molecule has 0 radical (unpaired) electrons. The van der Waals surface area contributed by atoms with Gasteiger partial charge in [0.2, 0.25) is 0 Å². The third kappa shape index (κ3) is 3.93. The second-order valence-electron chi connectivity index (χ2n) is 5.30. The van der Waals surface area contributed by atoms with E-state index >= 15 is 0 Å². The summed E-state index contributed by atoms with van der Waals surface area (Å²) >= 11 is 5.40. The highest BCUT2D eigenvalue weighted by molar-refractivity contribution is 9.10. The quantitative estimate of drug-likeness (QED) is 0.762. The molecule has 1 aromatic heterocycles. The normalized spacial score (nSPS) is 12.6. The van der Waals surface area contributed by atoms with Gasteiger partial charge in [0.15, 0.2) is 0 Å². The molecule has 0 aliphatic heterocycles. The van der Waals surface area contributed by atoms with E-state index < -0.39 is 0 Å². The Balaban J connectivity index is 2.38. The minimum atomic E-state index is 0.195. The molecule has 0 fully saturated rings. The molecule has 21 heavy (non-hydrogen) atoms. The van der Waals surface area contributed by atoms with Crippen molar-refractivity contribution in [2.24, 2.45) is 0 Å². The molecular formula is C17H23BrN2S. The van der Waals surface area contributed by atoms with E-state index in [0.717, 1.165) is 23.9 Å². The molecule has 0 amide bonds. The molecule has 0 saturated carbocycles. The highest BCUT2D eigenvalue weighted by Crippen LogP contribution is 2.30. The van der Waals surface area contributed by atoms with Gasteiger partial charge in [-0.05, 0) is 50.4 Å². The maximum atomic E-state index is 4.85.